The van der Waals surface area contributed by atoms with Gasteiger partial charge in [-0.3, -0.25) is 0 Å². The smallest absolute Gasteiger partial charge is 0.183 e. The van der Waals surface area contributed by atoms with Crippen LogP contribution in [0.25, 0.3) is 11.3 Å². The molecule has 0 aliphatic rings. The van der Waals surface area contributed by atoms with Gasteiger partial charge in [-0.25, -0.2) is 13.4 Å². The number of anilines is 1. The minimum Gasteiger partial charge on any atom is -0.375 e. The van der Waals surface area contributed by atoms with E-state index in [1.165, 1.54) is 17.4 Å². The number of nitrogens with zero attached hydrogens (tertiary/aromatic N) is 1. The van der Waals surface area contributed by atoms with Crippen LogP contribution in [0.15, 0.2) is 58.8 Å². The first-order valence-corrected chi connectivity index (χ1v) is 9.64. The summed E-state index contributed by atoms with van der Waals surface area (Å²) in [5, 5.41) is 2.55. The van der Waals surface area contributed by atoms with Crippen molar-refractivity contribution in [1.82, 2.24) is 4.98 Å². The lowest BCUT2D eigenvalue weighted by atomic mass is 10.2. The molecule has 2 N–H and O–H groups in total. The van der Waals surface area contributed by atoms with E-state index in [0.29, 0.717) is 21.4 Å². The number of halogens is 1. The maximum absolute atomic E-state index is 12.8. The van der Waals surface area contributed by atoms with Crippen LogP contribution in [0, 0.1) is 0 Å². The standard InChI is InChI=1S/C16H13ClN2O2S2/c17-12-6-7-15(13(8-12)14-9-22-16(18)19-14)23(20,21)10-11-4-2-1-3-5-11/h1-9H,10H2,(H2,18,19). The minimum atomic E-state index is -3.53. The highest BCUT2D eigenvalue weighted by Crippen LogP contribution is 2.33. The fraction of sp³-hybridized carbons (Fsp3) is 0.0625. The van der Waals surface area contributed by atoms with E-state index in [0.717, 1.165) is 5.56 Å². The molecule has 0 saturated heterocycles. The van der Waals surface area contributed by atoms with E-state index < -0.39 is 9.84 Å². The van der Waals surface area contributed by atoms with Crippen molar-refractivity contribution < 1.29 is 8.42 Å². The first kappa shape index (κ1) is 16.0. The Balaban J connectivity index is 2.09. The van der Waals surface area contributed by atoms with Gasteiger partial charge in [-0.15, -0.1) is 11.3 Å². The summed E-state index contributed by atoms with van der Waals surface area (Å²) >= 11 is 7.29. The average Bonchev–Trinajstić information content (AvgIpc) is 2.94. The van der Waals surface area contributed by atoms with Gasteiger partial charge in [0, 0.05) is 16.0 Å². The van der Waals surface area contributed by atoms with Crippen LogP contribution in [0.5, 0.6) is 0 Å². The van der Waals surface area contributed by atoms with Gasteiger partial charge in [0.1, 0.15) is 0 Å². The van der Waals surface area contributed by atoms with E-state index in [1.54, 1.807) is 29.6 Å². The van der Waals surface area contributed by atoms with Crippen LogP contribution in [0.1, 0.15) is 5.56 Å². The maximum Gasteiger partial charge on any atom is 0.183 e. The zero-order valence-electron chi connectivity index (χ0n) is 11.9. The number of benzene rings is 2. The highest BCUT2D eigenvalue weighted by Gasteiger charge is 2.21. The zero-order valence-corrected chi connectivity index (χ0v) is 14.3. The fourth-order valence-electron chi connectivity index (χ4n) is 2.26. The molecule has 23 heavy (non-hydrogen) atoms. The Bertz CT molecular complexity index is 938. The zero-order chi connectivity index (χ0) is 16.4. The Labute approximate surface area is 143 Å². The highest BCUT2D eigenvalue weighted by molar-refractivity contribution is 7.90. The second kappa shape index (κ2) is 6.31. The fourth-order valence-corrected chi connectivity index (χ4v) is 4.55. The van der Waals surface area contributed by atoms with Crippen molar-refractivity contribution in [3.63, 3.8) is 0 Å². The van der Waals surface area contributed by atoms with Crippen LogP contribution in [0.4, 0.5) is 5.13 Å². The van der Waals surface area contributed by atoms with Crippen molar-refractivity contribution in [1.29, 1.82) is 0 Å². The normalized spacial score (nSPS) is 11.5. The summed E-state index contributed by atoms with van der Waals surface area (Å²) in [4.78, 5) is 4.38. The van der Waals surface area contributed by atoms with E-state index in [4.69, 9.17) is 17.3 Å². The van der Waals surface area contributed by atoms with E-state index in [-0.39, 0.29) is 10.6 Å². The van der Waals surface area contributed by atoms with E-state index >= 15 is 0 Å². The molecule has 1 heterocycles. The first-order chi connectivity index (χ1) is 11.0. The van der Waals surface area contributed by atoms with Crippen LogP contribution in [0.3, 0.4) is 0 Å². The van der Waals surface area contributed by atoms with Crippen LogP contribution in [0.2, 0.25) is 5.02 Å². The Morgan fingerprint density at radius 3 is 2.52 bits per heavy atom. The summed E-state index contributed by atoms with van der Waals surface area (Å²) in [7, 11) is -3.53. The molecule has 4 nitrogen and oxygen atoms in total. The molecule has 0 aliphatic carbocycles. The molecule has 118 valence electrons. The SMILES string of the molecule is Nc1nc(-c2cc(Cl)ccc2S(=O)(=O)Cc2ccccc2)cs1. The Hall–Kier alpha value is -1.89. The molecule has 3 aromatic rings. The van der Waals surface area contributed by atoms with Gasteiger partial charge in [0.15, 0.2) is 15.0 Å². The molecule has 0 amide bonds. The Morgan fingerprint density at radius 1 is 1.13 bits per heavy atom. The number of aromatic nitrogens is 1. The van der Waals surface area contributed by atoms with Gasteiger partial charge in [0.25, 0.3) is 0 Å². The van der Waals surface area contributed by atoms with Gasteiger partial charge in [0.2, 0.25) is 0 Å². The number of rotatable bonds is 4. The average molecular weight is 365 g/mol. The first-order valence-electron chi connectivity index (χ1n) is 6.73. The van der Waals surface area contributed by atoms with Gasteiger partial charge in [-0.05, 0) is 23.8 Å². The second-order valence-corrected chi connectivity index (χ2v) is 8.24. The van der Waals surface area contributed by atoms with Crippen LogP contribution in [-0.2, 0) is 15.6 Å². The number of nitrogen functional groups attached to an aromatic ring is 1. The highest BCUT2D eigenvalue weighted by atomic mass is 35.5. The lowest BCUT2D eigenvalue weighted by Gasteiger charge is -2.10. The number of thiazole rings is 1. The van der Waals surface area contributed by atoms with Crippen LogP contribution >= 0.6 is 22.9 Å². The van der Waals surface area contributed by atoms with Gasteiger partial charge in [-0.2, -0.15) is 0 Å². The number of sulfone groups is 1. The number of hydrogen-bond acceptors (Lipinski definition) is 5. The maximum atomic E-state index is 12.8. The number of nitrogens with two attached hydrogens (primary N) is 1. The molecule has 0 spiro atoms. The molecule has 2 aromatic carbocycles. The molecular weight excluding hydrogens is 352 g/mol. The van der Waals surface area contributed by atoms with Gasteiger partial charge >= 0.3 is 0 Å². The van der Waals surface area contributed by atoms with Gasteiger partial charge in [-0.1, -0.05) is 41.9 Å². The predicted octanol–water partition coefficient (Wildman–Crippen LogP) is 4.02. The summed E-state index contributed by atoms with van der Waals surface area (Å²) < 4.78 is 25.6. The van der Waals surface area contributed by atoms with Gasteiger partial charge < -0.3 is 5.73 Å². The number of hydrogen-bond donors (Lipinski definition) is 1. The Morgan fingerprint density at radius 2 is 1.87 bits per heavy atom. The van der Waals surface area contributed by atoms with E-state index in [9.17, 15) is 8.42 Å². The molecule has 0 fully saturated rings. The molecule has 0 atom stereocenters. The molecule has 1 aromatic heterocycles. The lowest BCUT2D eigenvalue weighted by molar-refractivity contribution is 0.595. The quantitative estimate of drug-likeness (QED) is 0.758. The molecule has 0 unspecified atom stereocenters. The third-order valence-corrected chi connectivity index (χ3v) is 5.92. The molecule has 7 heteroatoms. The van der Waals surface area contributed by atoms with Crippen molar-refractivity contribution >= 4 is 37.9 Å². The van der Waals surface area contributed by atoms with Crippen molar-refractivity contribution in [3.05, 3.63) is 64.5 Å². The van der Waals surface area contributed by atoms with Crippen molar-refractivity contribution in [3.8, 4) is 11.3 Å². The summed E-state index contributed by atoms with van der Waals surface area (Å²) in [5.41, 5.74) is 7.38. The third-order valence-electron chi connectivity index (χ3n) is 3.27. The van der Waals surface area contributed by atoms with Gasteiger partial charge in [0.05, 0.1) is 16.3 Å². The van der Waals surface area contributed by atoms with E-state index in [2.05, 4.69) is 4.98 Å². The second-order valence-electron chi connectivity index (χ2n) is 4.96. The molecule has 3 rings (SSSR count). The summed E-state index contributed by atoms with van der Waals surface area (Å²) in [6.45, 7) is 0. The predicted molar refractivity (Wildman–Crippen MR) is 94.3 cm³/mol. The molecule has 0 bridgehead atoms. The monoisotopic (exact) mass is 364 g/mol. The van der Waals surface area contributed by atoms with Crippen LogP contribution < -0.4 is 5.73 Å². The van der Waals surface area contributed by atoms with Crippen molar-refractivity contribution in [2.45, 2.75) is 10.6 Å². The van der Waals surface area contributed by atoms with E-state index in [1.807, 2.05) is 18.2 Å². The van der Waals surface area contributed by atoms with Crippen molar-refractivity contribution in [2.24, 2.45) is 0 Å². The molecule has 0 aliphatic heterocycles. The minimum absolute atomic E-state index is 0.0813. The summed E-state index contributed by atoms with van der Waals surface area (Å²) in [5.74, 6) is -0.0813. The molecule has 0 saturated carbocycles. The summed E-state index contributed by atoms with van der Waals surface area (Å²) in [6.07, 6.45) is 0. The Kier molecular flexibility index (Phi) is 4.39. The van der Waals surface area contributed by atoms with Crippen molar-refractivity contribution in [2.75, 3.05) is 5.73 Å². The van der Waals surface area contributed by atoms with Crippen LogP contribution in [-0.4, -0.2) is 13.4 Å². The lowest BCUT2D eigenvalue weighted by Crippen LogP contribution is -2.07. The summed E-state index contributed by atoms with van der Waals surface area (Å²) in [6, 6.07) is 13.7. The largest absolute Gasteiger partial charge is 0.375 e. The topological polar surface area (TPSA) is 73.0 Å². The molecular formula is C16H13ClN2O2S2. The molecule has 0 radical (unpaired) electrons. The third kappa shape index (κ3) is 3.55.